The molecule has 0 fully saturated rings. The monoisotopic (exact) mass is 749 g/mol. The Morgan fingerprint density at radius 2 is 0.893 bits per heavy atom. The van der Waals surface area contributed by atoms with Gasteiger partial charge in [-0.2, -0.15) is 0 Å². The normalized spacial score (nSPS) is 11.6. The van der Waals surface area contributed by atoms with Crippen molar-refractivity contribution in [3.05, 3.63) is 206 Å². The van der Waals surface area contributed by atoms with Gasteiger partial charge < -0.3 is 4.90 Å². The van der Waals surface area contributed by atoms with Crippen LogP contribution in [0.15, 0.2) is 200 Å². The molecule has 11 rings (SSSR count). The quantitative estimate of drug-likeness (QED) is 0.157. The summed E-state index contributed by atoms with van der Waals surface area (Å²) in [6.45, 7) is 0.705. The molecule has 0 radical (unpaired) electrons. The van der Waals surface area contributed by atoms with Gasteiger partial charge in [-0.1, -0.05) is 146 Å². The van der Waals surface area contributed by atoms with Gasteiger partial charge in [0.05, 0.1) is 0 Å². The van der Waals surface area contributed by atoms with Crippen LogP contribution >= 0.6 is 22.7 Å². The summed E-state index contributed by atoms with van der Waals surface area (Å²) in [4.78, 5) is 2.50. The highest BCUT2D eigenvalue weighted by Gasteiger charge is 2.18. The van der Waals surface area contributed by atoms with Crippen molar-refractivity contribution in [3.8, 4) is 33.4 Å². The Labute approximate surface area is 334 Å². The number of anilines is 2. The fourth-order valence-electron chi connectivity index (χ4n) is 8.36. The smallest absolute Gasteiger partial charge is 0.0487 e. The SMILES string of the molecule is c1cc(-c2ccc3ccccc3c2)cc(N(Cc2ccccc2-c2cccc3c2sc2ccccc23)c2cccc(-c3ccc4sc5ccccc5c4c3)c2)c1. The van der Waals surface area contributed by atoms with Gasteiger partial charge in [0.15, 0.2) is 0 Å². The maximum absolute atomic E-state index is 2.50. The van der Waals surface area contributed by atoms with Crippen molar-refractivity contribution >= 4 is 85.2 Å². The molecule has 0 aliphatic heterocycles. The van der Waals surface area contributed by atoms with Crippen LogP contribution in [0.3, 0.4) is 0 Å². The lowest BCUT2D eigenvalue weighted by Gasteiger charge is -2.28. The van der Waals surface area contributed by atoms with E-state index in [4.69, 9.17) is 0 Å². The first-order valence-corrected chi connectivity index (χ1v) is 20.7. The van der Waals surface area contributed by atoms with Gasteiger partial charge in [-0.3, -0.25) is 0 Å². The molecule has 3 heteroatoms. The Balaban J connectivity index is 1.06. The molecule has 56 heavy (non-hydrogen) atoms. The minimum atomic E-state index is 0.705. The van der Waals surface area contributed by atoms with Crippen LogP contribution in [-0.4, -0.2) is 0 Å². The van der Waals surface area contributed by atoms with E-state index in [0.717, 1.165) is 11.4 Å². The topological polar surface area (TPSA) is 3.24 Å². The summed E-state index contributed by atoms with van der Waals surface area (Å²) < 4.78 is 5.31. The molecule has 0 atom stereocenters. The average molecular weight is 750 g/mol. The molecule has 9 aromatic carbocycles. The summed E-state index contributed by atoms with van der Waals surface area (Å²) >= 11 is 3.76. The Kier molecular flexibility index (Phi) is 8.01. The maximum Gasteiger partial charge on any atom is 0.0487 e. The number of fused-ring (bicyclic) bond motifs is 7. The number of thiophene rings is 2. The molecule has 1 nitrogen and oxygen atoms in total. The van der Waals surface area contributed by atoms with Crippen molar-refractivity contribution in [2.24, 2.45) is 0 Å². The zero-order chi connectivity index (χ0) is 37.0. The highest BCUT2D eigenvalue weighted by Crippen LogP contribution is 2.43. The third kappa shape index (κ3) is 5.76. The predicted octanol–water partition coefficient (Wildman–Crippen LogP) is 15.9. The number of benzene rings is 9. The lowest BCUT2D eigenvalue weighted by atomic mass is 9.96. The van der Waals surface area contributed by atoms with Gasteiger partial charge >= 0.3 is 0 Å². The fourth-order valence-corrected chi connectivity index (χ4v) is 10.7. The zero-order valence-electron chi connectivity index (χ0n) is 30.5. The van der Waals surface area contributed by atoms with E-state index in [9.17, 15) is 0 Å². The third-order valence-corrected chi connectivity index (χ3v) is 13.5. The van der Waals surface area contributed by atoms with E-state index in [0.29, 0.717) is 6.54 Å². The number of nitrogens with zero attached hydrogens (tertiary/aromatic N) is 1. The molecule has 0 spiro atoms. The van der Waals surface area contributed by atoms with Gasteiger partial charge in [-0.05, 0) is 104 Å². The van der Waals surface area contributed by atoms with Gasteiger partial charge in [0.25, 0.3) is 0 Å². The molecule has 0 saturated carbocycles. The summed E-state index contributed by atoms with van der Waals surface area (Å²) in [7, 11) is 0. The van der Waals surface area contributed by atoms with Gasteiger partial charge in [0, 0.05) is 58.3 Å². The molecule has 0 unspecified atom stereocenters. The van der Waals surface area contributed by atoms with E-state index in [1.165, 1.54) is 90.1 Å². The molecule has 0 saturated heterocycles. The zero-order valence-corrected chi connectivity index (χ0v) is 32.2. The average Bonchev–Trinajstić information content (AvgIpc) is 3.84. The molecule has 11 aromatic rings. The number of rotatable bonds is 7. The van der Waals surface area contributed by atoms with Gasteiger partial charge in [0.2, 0.25) is 0 Å². The second kappa shape index (κ2) is 13.6. The minimum Gasteiger partial charge on any atom is -0.337 e. The second-order valence-electron chi connectivity index (χ2n) is 14.5. The van der Waals surface area contributed by atoms with Crippen LogP contribution < -0.4 is 4.90 Å². The molecule has 0 aliphatic rings. The molecule has 0 aliphatic carbocycles. The first-order chi connectivity index (χ1) is 27.7. The van der Waals surface area contributed by atoms with Crippen LogP contribution in [0.4, 0.5) is 11.4 Å². The molecule has 2 aromatic heterocycles. The van der Waals surface area contributed by atoms with Gasteiger partial charge in [0.1, 0.15) is 0 Å². The van der Waals surface area contributed by atoms with E-state index >= 15 is 0 Å². The number of hydrogen-bond acceptors (Lipinski definition) is 3. The van der Waals surface area contributed by atoms with Crippen molar-refractivity contribution < 1.29 is 0 Å². The van der Waals surface area contributed by atoms with Crippen molar-refractivity contribution in [2.45, 2.75) is 6.54 Å². The largest absolute Gasteiger partial charge is 0.337 e. The van der Waals surface area contributed by atoms with Crippen LogP contribution in [0.25, 0.3) is 84.5 Å². The summed E-state index contributed by atoms with van der Waals surface area (Å²) in [5.41, 5.74) is 11.0. The third-order valence-electron chi connectivity index (χ3n) is 11.1. The van der Waals surface area contributed by atoms with Crippen LogP contribution in [0.2, 0.25) is 0 Å². The summed E-state index contributed by atoms with van der Waals surface area (Å²) in [6, 6.07) is 73.8. The van der Waals surface area contributed by atoms with Crippen molar-refractivity contribution in [3.63, 3.8) is 0 Å². The molecular weight excluding hydrogens is 715 g/mol. The van der Waals surface area contributed by atoms with Crippen LogP contribution in [0, 0.1) is 0 Å². The van der Waals surface area contributed by atoms with Crippen molar-refractivity contribution in [1.82, 2.24) is 0 Å². The Morgan fingerprint density at radius 1 is 0.339 bits per heavy atom. The molecule has 0 amide bonds. The molecule has 0 N–H and O–H groups in total. The van der Waals surface area contributed by atoms with E-state index in [-0.39, 0.29) is 0 Å². The molecule has 2 heterocycles. The first-order valence-electron chi connectivity index (χ1n) is 19.1. The fraction of sp³-hybridized carbons (Fsp3) is 0.0189. The summed E-state index contributed by atoms with van der Waals surface area (Å²) in [6.07, 6.45) is 0. The highest BCUT2D eigenvalue weighted by atomic mass is 32.1. The Bertz CT molecular complexity index is 3260. The van der Waals surface area contributed by atoms with Gasteiger partial charge in [-0.15, -0.1) is 22.7 Å². The van der Waals surface area contributed by atoms with Crippen LogP contribution in [0.5, 0.6) is 0 Å². The van der Waals surface area contributed by atoms with Crippen molar-refractivity contribution in [1.29, 1.82) is 0 Å². The van der Waals surface area contributed by atoms with Crippen LogP contribution in [0.1, 0.15) is 5.56 Å². The summed E-state index contributed by atoms with van der Waals surface area (Å²) in [5.74, 6) is 0. The van der Waals surface area contributed by atoms with Crippen LogP contribution in [-0.2, 0) is 6.54 Å². The molecular formula is C53H35NS2. The lowest BCUT2D eigenvalue weighted by Crippen LogP contribution is -2.17. The standard InChI is InChI=1S/C53H35NS2/c1-2-13-36-30-39(27-26-35(36)12-1)37-15-9-17-42(31-37)54(43-18-10-16-38(32-43)40-28-29-52-49(33-40)46-21-6-7-24-50(46)55-52)34-41-14-3-4-19-44(41)47-22-11-23-48-45-20-5-8-25-51(45)56-53(47)48/h1-33H,34H2. The van der Waals surface area contributed by atoms with Crippen molar-refractivity contribution in [2.75, 3.05) is 4.90 Å². The Hall–Kier alpha value is -6.52. The molecule has 0 bridgehead atoms. The maximum atomic E-state index is 2.50. The highest BCUT2D eigenvalue weighted by molar-refractivity contribution is 7.26. The first kappa shape index (κ1) is 32.9. The van der Waals surface area contributed by atoms with Gasteiger partial charge in [-0.25, -0.2) is 0 Å². The van der Waals surface area contributed by atoms with E-state index in [1.54, 1.807) is 0 Å². The number of hydrogen-bond donors (Lipinski definition) is 0. The van der Waals surface area contributed by atoms with E-state index in [1.807, 2.05) is 22.7 Å². The predicted molar refractivity (Wildman–Crippen MR) is 245 cm³/mol. The summed E-state index contributed by atoms with van der Waals surface area (Å²) in [5, 5.41) is 7.79. The van der Waals surface area contributed by atoms with E-state index in [2.05, 4.69) is 205 Å². The molecule has 264 valence electrons. The van der Waals surface area contributed by atoms with E-state index < -0.39 is 0 Å². The lowest BCUT2D eigenvalue weighted by molar-refractivity contribution is 0.978. The second-order valence-corrected chi connectivity index (χ2v) is 16.6. The minimum absolute atomic E-state index is 0.705. The Morgan fingerprint density at radius 3 is 1.70 bits per heavy atom.